The number of nitrogens with zero attached hydrogens (tertiary/aromatic N) is 2. The Kier molecular flexibility index (Phi) is 7.06. The first kappa shape index (κ1) is 19.1. The average Bonchev–Trinajstić information content (AvgIpc) is 2.94. The zero-order valence-corrected chi connectivity index (χ0v) is 16.3. The molecule has 0 aliphatic rings. The number of benzene rings is 1. The quantitative estimate of drug-likeness (QED) is 0.585. The second kappa shape index (κ2) is 9.27. The Morgan fingerprint density at radius 1 is 1.20 bits per heavy atom. The number of aliphatic imine (C=N–C) groups is 1. The molecule has 2 rings (SSSR count). The normalized spacial score (nSPS) is 11.3. The third-order valence-corrected chi connectivity index (χ3v) is 4.76. The second-order valence-corrected chi connectivity index (χ2v) is 6.73. The molecule has 0 radical (unpaired) electrons. The lowest BCUT2D eigenvalue weighted by atomic mass is 10.2. The van der Waals surface area contributed by atoms with Gasteiger partial charge in [-0.1, -0.05) is 6.07 Å². The van der Waals surface area contributed by atoms with Gasteiger partial charge in [-0.15, -0.1) is 11.3 Å². The predicted octanol–water partition coefficient (Wildman–Crippen LogP) is 3.03. The number of guanidine groups is 1. The summed E-state index contributed by atoms with van der Waals surface area (Å²) in [5.41, 5.74) is 2.18. The summed E-state index contributed by atoms with van der Waals surface area (Å²) >= 11 is 1.71. The van der Waals surface area contributed by atoms with Gasteiger partial charge in [-0.2, -0.15) is 0 Å². The van der Waals surface area contributed by atoms with Crippen molar-refractivity contribution in [1.29, 1.82) is 0 Å². The average molecular weight is 362 g/mol. The van der Waals surface area contributed by atoms with Gasteiger partial charge in [-0.25, -0.2) is 4.98 Å². The Hall–Kier alpha value is -2.28. The van der Waals surface area contributed by atoms with Crippen molar-refractivity contribution in [3.8, 4) is 11.5 Å². The fourth-order valence-corrected chi connectivity index (χ4v) is 3.15. The molecule has 1 heterocycles. The molecule has 1 aromatic heterocycles. The van der Waals surface area contributed by atoms with E-state index in [9.17, 15) is 0 Å². The van der Waals surface area contributed by atoms with Gasteiger partial charge in [-0.05, 0) is 38.5 Å². The van der Waals surface area contributed by atoms with Crippen LogP contribution in [0.25, 0.3) is 0 Å². The SMILES string of the molecule is CCOc1ccc(CNC(=NC)NCc2nc(C)c(C)s2)cc1OC. The third-order valence-electron chi connectivity index (χ3n) is 3.69. The number of hydrogen-bond donors (Lipinski definition) is 2. The molecule has 0 saturated carbocycles. The van der Waals surface area contributed by atoms with Crippen LogP contribution in [-0.2, 0) is 13.1 Å². The predicted molar refractivity (Wildman–Crippen MR) is 103 cm³/mol. The highest BCUT2D eigenvalue weighted by Gasteiger charge is 2.07. The van der Waals surface area contributed by atoms with E-state index < -0.39 is 0 Å². The number of rotatable bonds is 7. The van der Waals surface area contributed by atoms with Crippen LogP contribution < -0.4 is 20.1 Å². The molecule has 0 unspecified atom stereocenters. The van der Waals surface area contributed by atoms with Crippen LogP contribution in [0.5, 0.6) is 11.5 Å². The van der Waals surface area contributed by atoms with Crippen LogP contribution in [0.2, 0.25) is 0 Å². The van der Waals surface area contributed by atoms with E-state index in [0.29, 0.717) is 19.7 Å². The monoisotopic (exact) mass is 362 g/mol. The molecule has 6 nitrogen and oxygen atoms in total. The molecule has 0 bridgehead atoms. The molecule has 0 spiro atoms. The van der Waals surface area contributed by atoms with E-state index in [4.69, 9.17) is 9.47 Å². The summed E-state index contributed by atoms with van der Waals surface area (Å²) in [7, 11) is 3.40. The molecule has 25 heavy (non-hydrogen) atoms. The Bertz CT molecular complexity index is 708. The van der Waals surface area contributed by atoms with Crippen molar-refractivity contribution in [2.75, 3.05) is 20.8 Å². The van der Waals surface area contributed by atoms with E-state index in [1.807, 2.05) is 32.0 Å². The van der Waals surface area contributed by atoms with E-state index in [0.717, 1.165) is 33.7 Å². The Morgan fingerprint density at radius 3 is 2.56 bits per heavy atom. The molecule has 7 heteroatoms. The van der Waals surface area contributed by atoms with Gasteiger partial charge in [0.1, 0.15) is 5.01 Å². The lowest BCUT2D eigenvalue weighted by Gasteiger charge is -2.13. The number of methoxy groups -OCH3 is 1. The van der Waals surface area contributed by atoms with Gasteiger partial charge in [-0.3, -0.25) is 4.99 Å². The Morgan fingerprint density at radius 2 is 1.96 bits per heavy atom. The van der Waals surface area contributed by atoms with E-state index in [-0.39, 0.29) is 0 Å². The van der Waals surface area contributed by atoms with Crippen LogP contribution >= 0.6 is 11.3 Å². The topological polar surface area (TPSA) is 67.8 Å². The largest absolute Gasteiger partial charge is 0.493 e. The van der Waals surface area contributed by atoms with Crippen molar-refractivity contribution in [3.63, 3.8) is 0 Å². The summed E-state index contributed by atoms with van der Waals surface area (Å²) in [5.74, 6) is 2.22. The van der Waals surface area contributed by atoms with Crippen LogP contribution in [0, 0.1) is 13.8 Å². The lowest BCUT2D eigenvalue weighted by Crippen LogP contribution is -2.36. The maximum Gasteiger partial charge on any atom is 0.191 e. The number of aryl methyl sites for hydroxylation is 2. The lowest BCUT2D eigenvalue weighted by molar-refractivity contribution is 0.310. The molecule has 2 N–H and O–H groups in total. The molecule has 2 aromatic rings. The van der Waals surface area contributed by atoms with Gasteiger partial charge in [0.15, 0.2) is 17.5 Å². The zero-order chi connectivity index (χ0) is 18.2. The maximum atomic E-state index is 5.54. The summed E-state index contributed by atoms with van der Waals surface area (Å²) in [6.07, 6.45) is 0. The number of nitrogens with one attached hydrogen (secondary N) is 2. The summed E-state index contributed by atoms with van der Waals surface area (Å²) in [6.45, 7) is 7.98. The minimum absolute atomic E-state index is 0.611. The minimum atomic E-state index is 0.611. The highest BCUT2D eigenvalue weighted by molar-refractivity contribution is 7.11. The summed E-state index contributed by atoms with van der Waals surface area (Å²) < 4.78 is 10.9. The van der Waals surface area contributed by atoms with Crippen molar-refractivity contribution < 1.29 is 9.47 Å². The van der Waals surface area contributed by atoms with Gasteiger partial charge < -0.3 is 20.1 Å². The number of ether oxygens (including phenoxy) is 2. The van der Waals surface area contributed by atoms with Crippen molar-refractivity contribution in [2.24, 2.45) is 4.99 Å². The molecule has 0 aliphatic heterocycles. The van der Waals surface area contributed by atoms with Gasteiger partial charge >= 0.3 is 0 Å². The zero-order valence-electron chi connectivity index (χ0n) is 15.5. The standard InChI is InChI=1S/C18H26N4O2S/c1-6-24-15-8-7-14(9-16(15)23-5)10-20-18(19-4)21-11-17-22-12(2)13(3)25-17/h7-9H,6,10-11H2,1-5H3,(H2,19,20,21). The van der Waals surface area contributed by atoms with Gasteiger partial charge in [0, 0.05) is 18.5 Å². The third kappa shape index (κ3) is 5.35. The summed E-state index contributed by atoms with van der Waals surface area (Å²) in [6, 6.07) is 5.91. The molecular weight excluding hydrogens is 336 g/mol. The van der Waals surface area contributed by atoms with Gasteiger partial charge in [0.05, 0.1) is 26.0 Å². The molecule has 0 aliphatic carbocycles. The molecular formula is C18H26N4O2S. The molecule has 0 fully saturated rings. The Labute approximate surface area is 153 Å². The van der Waals surface area contributed by atoms with Gasteiger partial charge in [0.25, 0.3) is 0 Å². The number of hydrogen-bond acceptors (Lipinski definition) is 5. The minimum Gasteiger partial charge on any atom is -0.493 e. The summed E-state index contributed by atoms with van der Waals surface area (Å²) in [5, 5.41) is 7.64. The van der Waals surface area contributed by atoms with Crippen molar-refractivity contribution in [1.82, 2.24) is 15.6 Å². The van der Waals surface area contributed by atoms with Crippen LogP contribution in [0.15, 0.2) is 23.2 Å². The summed E-state index contributed by atoms with van der Waals surface area (Å²) in [4.78, 5) is 10.0. The van der Waals surface area contributed by atoms with Crippen LogP contribution in [0.1, 0.15) is 28.1 Å². The van der Waals surface area contributed by atoms with E-state index in [2.05, 4.69) is 27.5 Å². The highest BCUT2D eigenvalue weighted by atomic mass is 32.1. The van der Waals surface area contributed by atoms with Crippen LogP contribution in [0.3, 0.4) is 0 Å². The molecule has 136 valence electrons. The Balaban J connectivity index is 1.91. The van der Waals surface area contributed by atoms with Gasteiger partial charge in [0.2, 0.25) is 0 Å². The molecule has 0 saturated heterocycles. The first-order valence-corrected chi connectivity index (χ1v) is 9.06. The highest BCUT2D eigenvalue weighted by Crippen LogP contribution is 2.27. The molecule has 1 aromatic carbocycles. The molecule has 0 amide bonds. The van der Waals surface area contributed by atoms with E-state index in [1.165, 1.54) is 4.88 Å². The van der Waals surface area contributed by atoms with E-state index in [1.54, 1.807) is 25.5 Å². The van der Waals surface area contributed by atoms with E-state index >= 15 is 0 Å². The first-order valence-electron chi connectivity index (χ1n) is 8.24. The first-order chi connectivity index (χ1) is 12.1. The second-order valence-electron chi connectivity index (χ2n) is 5.45. The number of thiazole rings is 1. The fraction of sp³-hybridized carbons (Fsp3) is 0.444. The van der Waals surface area contributed by atoms with Crippen LogP contribution in [0.4, 0.5) is 0 Å². The number of aromatic nitrogens is 1. The van der Waals surface area contributed by atoms with Crippen LogP contribution in [-0.4, -0.2) is 31.7 Å². The van der Waals surface area contributed by atoms with Crippen molar-refractivity contribution in [2.45, 2.75) is 33.9 Å². The smallest absolute Gasteiger partial charge is 0.191 e. The molecule has 0 atom stereocenters. The van der Waals surface area contributed by atoms with Crippen molar-refractivity contribution >= 4 is 17.3 Å². The fourth-order valence-electron chi connectivity index (χ4n) is 2.28. The van der Waals surface area contributed by atoms with Crippen molar-refractivity contribution in [3.05, 3.63) is 39.3 Å². The maximum absolute atomic E-state index is 5.54.